The van der Waals surface area contributed by atoms with Crippen LogP contribution in [0.3, 0.4) is 0 Å². The van der Waals surface area contributed by atoms with Crippen molar-refractivity contribution in [1.29, 1.82) is 0 Å². The van der Waals surface area contributed by atoms with E-state index in [1.165, 1.54) is 24.0 Å². The highest BCUT2D eigenvalue weighted by Gasteiger charge is 2.23. The van der Waals surface area contributed by atoms with Crippen molar-refractivity contribution < 1.29 is 17.2 Å². The average molecular weight is 288 g/mol. The fourth-order valence-corrected chi connectivity index (χ4v) is 2.66. The van der Waals surface area contributed by atoms with Crippen molar-refractivity contribution >= 4 is 21.5 Å². The molecule has 0 saturated carbocycles. The number of halogens is 2. The van der Waals surface area contributed by atoms with Crippen molar-refractivity contribution in [3.63, 3.8) is 0 Å². The van der Waals surface area contributed by atoms with Gasteiger partial charge in [0, 0.05) is 18.8 Å². The zero-order valence-corrected chi connectivity index (χ0v) is 10.6. The molecular weight excluding hydrogens is 278 g/mol. The van der Waals surface area contributed by atoms with Gasteiger partial charge < -0.3 is 5.73 Å². The van der Waals surface area contributed by atoms with Gasteiger partial charge >= 0.3 is 0 Å². The lowest BCUT2D eigenvalue weighted by molar-refractivity contribution is 0.486. The number of aromatic nitrogens is 2. The van der Waals surface area contributed by atoms with Gasteiger partial charge in [0.25, 0.3) is 10.0 Å². The quantitative estimate of drug-likeness (QED) is 0.827. The van der Waals surface area contributed by atoms with Crippen molar-refractivity contribution in [3.05, 3.63) is 36.0 Å². The Kier molecular flexibility index (Phi) is 3.14. The summed E-state index contributed by atoms with van der Waals surface area (Å²) >= 11 is 0. The third-order valence-electron chi connectivity index (χ3n) is 2.37. The predicted octanol–water partition coefficient (Wildman–Crippen LogP) is 1.08. The molecule has 1 heterocycles. The molecule has 0 atom stereocenters. The lowest BCUT2D eigenvalue weighted by Gasteiger charge is -2.09. The first kappa shape index (κ1) is 13.3. The van der Waals surface area contributed by atoms with Crippen LogP contribution in [0.1, 0.15) is 0 Å². The SMILES string of the molecule is Cn1nccc1NS(=O)(=O)c1cc(N)cc(F)c1F. The molecule has 2 rings (SSSR count). The molecule has 2 aromatic rings. The third kappa shape index (κ3) is 2.50. The molecule has 0 aliphatic heterocycles. The fourth-order valence-electron chi connectivity index (χ4n) is 1.45. The van der Waals surface area contributed by atoms with Crippen LogP contribution >= 0.6 is 0 Å². The highest BCUT2D eigenvalue weighted by atomic mass is 32.2. The van der Waals surface area contributed by atoms with Gasteiger partial charge in [-0.3, -0.25) is 9.40 Å². The second kappa shape index (κ2) is 4.50. The summed E-state index contributed by atoms with van der Waals surface area (Å²) in [6.07, 6.45) is 1.36. The molecular formula is C10H10F2N4O2S. The molecule has 0 radical (unpaired) electrons. The second-order valence-electron chi connectivity index (χ2n) is 3.76. The monoisotopic (exact) mass is 288 g/mol. The van der Waals surface area contributed by atoms with E-state index in [-0.39, 0.29) is 11.5 Å². The molecule has 1 aromatic heterocycles. The molecule has 9 heteroatoms. The lowest BCUT2D eigenvalue weighted by atomic mass is 10.3. The number of nitrogen functional groups attached to an aromatic ring is 1. The number of nitrogens with two attached hydrogens (primary N) is 1. The van der Waals surface area contributed by atoms with E-state index >= 15 is 0 Å². The Hall–Kier alpha value is -2.16. The summed E-state index contributed by atoms with van der Waals surface area (Å²) in [4.78, 5) is -0.855. The van der Waals surface area contributed by atoms with Crippen molar-refractivity contribution in [2.24, 2.45) is 7.05 Å². The minimum Gasteiger partial charge on any atom is -0.399 e. The highest BCUT2D eigenvalue weighted by molar-refractivity contribution is 7.92. The summed E-state index contributed by atoms with van der Waals surface area (Å²) in [5.74, 6) is -2.70. The summed E-state index contributed by atoms with van der Waals surface area (Å²) in [6, 6.07) is 2.92. The van der Waals surface area contributed by atoms with E-state index in [0.29, 0.717) is 6.07 Å². The first-order valence-corrected chi connectivity index (χ1v) is 6.55. The van der Waals surface area contributed by atoms with Gasteiger partial charge in [-0.05, 0) is 12.1 Å². The minimum absolute atomic E-state index is 0.113. The molecule has 1 aromatic carbocycles. The molecule has 0 saturated heterocycles. The molecule has 0 aliphatic carbocycles. The van der Waals surface area contributed by atoms with Gasteiger partial charge in [0.2, 0.25) is 0 Å². The molecule has 0 amide bonds. The van der Waals surface area contributed by atoms with E-state index in [1.54, 1.807) is 0 Å². The molecule has 0 fully saturated rings. The fraction of sp³-hybridized carbons (Fsp3) is 0.100. The van der Waals surface area contributed by atoms with Crippen LogP contribution in [0, 0.1) is 11.6 Å². The number of aryl methyl sites for hydroxylation is 1. The Morgan fingerprint density at radius 1 is 1.37 bits per heavy atom. The van der Waals surface area contributed by atoms with Gasteiger partial charge in [-0.15, -0.1) is 0 Å². The van der Waals surface area contributed by atoms with E-state index in [2.05, 4.69) is 9.82 Å². The Morgan fingerprint density at radius 2 is 2.05 bits per heavy atom. The Labute approximate surface area is 107 Å². The number of hydrogen-bond donors (Lipinski definition) is 2. The zero-order valence-electron chi connectivity index (χ0n) is 9.76. The molecule has 102 valence electrons. The standard InChI is InChI=1S/C10H10F2N4O2S/c1-16-9(2-3-14-16)15-19(17,18)8-5-6(13)4-7(11)10(8)12/h2-5,15H,13H2,1H3. The van der Waals surface area contributed by atoms with Gasteiger partial charge in [0.1, 0.15) is 10.7 Å². The maximum absolute atomic E-state index is 13.5. The average Bonchev–Trinajstić information content (AvgIpc) is 2.69. The van der Waals surface area contributed by atoms with E-state index in [0.717, 1.165) is 6.07 Å². The topological polar surface area (TPSA) is 90.0 Å². The summed E-state index contributed by atoms with van der Waals surface area (Å²) < 4.78 is 53.9. The van der Waals surface area contributed by atoms with Crippen LogP contribution in [0.15, 0.2) is 29.3 Å². The summed E-state index contributed by atoms with van der Waals surface area (Å²) in [5, 5.41) is 3.75. The van der Waals surface area contributed by atoms with Crippen LogP contribution in [-0.2, 0) is 17.1 Å². The highest BCUT2D eigenvalue weighted by Crippen LogP contribution is 2.23. The van der Waals surface area contributed by atoms with Crippen LogP contribution < -0.4 is 10.5 Å². The van der Waals surface area contributed by atoms with Crippen LogP contribution in [0.2, 0.25) is 0 Å². The maximum Gasteiger partial charge on any atom is 0.266 e. The van der Waals surface area contributed by atoms with E-state index in [4.69, 9.17) is 5.73 Å². The van der Waals surface area contributed by atoms with Crippen LogP contribution in [0.25, 0.3) is 0 Å². The minimum atomic E-state index is -4.29. The second-order valence-corrected chi connectivity index (χ2v) is 5.41. The molecule has 3 N–H and O–H groups in total. The van der Waals surface area contributed by atoms with Crippen molar-refractivity contribution in [2.75, 3.05) is 10.5 Å². The van der Waals surface area contributed by atoms with Crippen LogP contribution in [0.5, 0.6) is 0 Å². The van der Waals surface area contributed by atoms with E-state index in [1.807, 2.05) is 0 Å². The number of sulfonamides is 1. The number of nitrogens with one attached hydrogen (secondary N) is 1. The van der Waals surface area contributed by atoms with Gasteiger partial charge in [0.05, 0.1) is 6.20 Å². The Bertz CT molecular complexity index is 727. The Morgan fingerprint density at radius 3 is 2.63 bits per heavy atom. The number of anilines is 2. The first-order valence-electron chi connectivity index (χ1n) is 5.06. The van der Waals surface area contributed by atoms with Crippen LogP contribution in [-0.4, -0.2) is 18.2 Å². The van der Waals surface area contributed by atoms with Crippen LogP contribution in [0.4, 0.5) is 20.3 Å². The smallest absolute Gasteiger partial charge is 0.266 e. The summed E-state index contributed by atoms with van der Waals surface area (Å²) in [6.45, 7) is 0. The van der Waals surface area contributed by atoms with E-state index in [9.17, 15) is 17.2 Å². The number of nitrogens with zero attached hydrogens (tertiary/aromatic N) is 2. The zero-order chi connectivity index (χ0) is 14.2. The number of benzene rings is 1. The van der Waals surface area contributed by atoms with Gasteiger partial charge in [0.15, 0.2) is 11.6 Å². The third-order valence-corrected chi connectivity index (χ3v) is 3.72. The van der Waals surface area contributed by atoms with Crippen molar-refractivity contribution in [1.82, 2.24) is 9.78 Å². The normalized spacial score (nSPS) is 11.5. The van der Waals surface area contributed by atoms with E-state index < -0.39 is 26.6 Å². The molecule has 19 heavy (non-hydrogen) atoms. The van der Waals surface area contributed by atoms with Crippen molar-refractivity contribution in [3.8, 4) is 0 Å². The number of hydrogen-bond acceptors (Lipinski definition) is 4. The molecule has 0 unspecified atom stereocenters. The van der Waals surface area contributed by atoms with Gasteiger partial charge in [-0.25, -0.2) is 17.2 Å². The maximum atomic E-state index is 13.5. The summed E-state index contributed by atoms with van der Waals surface area (Å²) in [7, 11) is -2.79. The van der Waals surface area contributed by atoms with Gasteiger partial charge in [-0.2, -0.15) is 5.10 Å². The molecule has 0 aliphatic rings. The first-order chi connectivity index (χ1) is 8.81. The van der Waals surface area contributed by atoms with Crippen molar-refractivity contribution in [2.45, 2.75) is 4.90 Å². The summed E-state index contributed by atoms with van der Waals surface area (Å²) in [5.41, 5.74) is 5.12. The predicted molar refractivity (Wildman–Crippen MR) is 64.8 cm³/mol. The molecule has 6 nitrogen and oxygen atoms in total. The molecule has 0 bridgehead atoms. The number of rotatable bonds is 3. The van der Waals surface area contributed by atoms with Gasteiger partial charge in [-0.1, -0.05) is 0 Å². The largest absolute Gasteiger partial charge is 0.399 e. The molecule has 0 spiro atoms. The lowest BCUT2D eigenvalue weighted by Crippen LogP contribution is -2.17. The Balaban J connectivity index is 2.49.